The van der Waals surface area contributed by atoms with Gasteiger partial charge in [0.05, 0.1) is 0 Å². The highest BCUT2D eigenvalue weighted by molar-refractivity contribution is 6.34. The first-order valence-corrected chi connectivity index (χ1v) is 9.16. The number of hydrogen-bond acceptors (Lipinski definition) is 2. The topological polar surface area (TPSA) is 54.3 Å². The molecular formula is C19H24Cl2N2O2. The Morgan fingerprint density at radius 2 is 1.92 bits per heavy atom. The summed E-state index contributed by atoms with van der Waals surface area (Å²) in [7, 11) is 0. The molecule has 2 rings (SSSR count). The Morgan fingerprint density at radius 3 is 2.52 bits per heavy atom. The monoisotopic (exact) mass is 382 g/mol. The van der Waals surface area contributed by atoms with Crippen LogP contribution < -0.4 is 5.32 Å². The Labute approximate surface area is 158 Å². The molecule has 0 amide bonds. The number of carbonyl (C=O) groups is 1. The molecule has 2 aromatic rings. The van der Waals surface area contributed by atoms with Crippen molar-refractivity contribution in [1.29, 1.82) is 0 Å². The molecule has 0 aliphatic heterocycles. The molecule has 1 heterocycles. The Balaban J connectivity index is 1.96. The predicted octanol–water partition coefficient (Wildman–Crippen LogP) is 4.47. The Bertz CT molecular complexity index is 693. The van der Waals surface area contributed by atoms with Crippen LogP contribution in [0, 0.1) is 5.92 Å². The third-order valence-electron chi connectivity index (χ3n) is 3.98. The van der Waals surface area contributed by atoms with Crippen molar-refractivity contribution in [3.8, 4) is 0 Å². The lowest BCUT2D eigenvalue weighted by molar-refractivity contribution is -0.139. The smallest absolute Gasteiger partial charge is 0.320 e. The first-order chi connectivity index (χ1) is 11.8. The van der Waals surface area contributed by atoms with Crippen LogP contribution in [0.1, 0.15) is 31.5 Å². The van der Waals surface area contributed by atoms with Crippen LogP contribution in [-0.2, 0) is 17.8 Å². The molecule has 1 unspecified atom stereocenters. The number of halogens is 2. The van der Waals surface area contributed by atoms with Crippen LogP contribution in [0.3, 0.4) is 0 Å². The Kier molecular flexibility index (Phi) is 7.36. The molecule has 0 fully saturated rings. The average molecular weight is 383 g/mol. The van der Waals surface area contributed by atoms with Gasteiger partial charge < -0.3 is 15.0 Å². The number of benzene rings is 1. The maximum absolute atomic E-state index is 11.3. The minimum atomic E-state index is -0.794. The number of carboxylic acid groups (broad SMARTS) is 1. The number of nitrogens with zero attached hydrogens (tertiary/aromatic N) is 1. The second-order valence-electron chi connectivity index (χ2n) is 6.63. The van der Waals surface area contributed by atoms with E-state index >= 15 is 0 Å². The summed E-state index contributed by atoms with van der Waals surface area (Å²) >= 11 is 12.1. The van der Waals surface area contributed by atoms with Gasteiger partial charge >= 0.3 is 5.97 Å². The van der Waals surface area contributed by atoms with Gasteiger partial charge in [0.15, 0.2) is 0 Å². The molecule has 1 atom stereocenters. The first-order valence-electron chi connectivity index (χ1n) is 8.40. The molecule has 1 aromatic heterocycles. The van der Waals surface area contributed by atoms with Crippen molar-refractivity contribution in [2.24, 2.45) is 5.92 Å². The fraction of sp³-hybridized carbons (Fsp3) is 0.421. The van der Waals surface area contributed by atoms with Crippen molar-refractivity contribution in [2.75, 3.05) is 6.54 Å². The lowest BCUT2D eigenvalue weighted by Gasteiger charge is -2.17. The molecule has 0 aliphatic carbocycles. The zero-order chi connectivity index (χ0) is 18.4. The molecule has 2 N–H and O–H groups in total. The van der Waals surface area contributed by atoms with E-state index in [0.717, 1.165) is 17.7 Å². The molecule has 25 heavy (non-hydrogen) atoms. The highest BCUT2D eigenvalue weighted by Crippen LogP contribution is 2.20. The van der Waals surface area contributed by atoms with Gasteiger partial charge in [-0.05, 0) is 48.2 Å². The highest BCUT2D eigenvalue weighted by Gasteiger charge is 2.17. The summed E-state index contributed by atoms with van der Waals surface area (Å²) in [6.07, 6.45) is 3.38. The van der Waals surface area contributed by atoms with Gasteiger partial charge in [0.2, 0.25) is 0 Å². The number of rotatable bonds is 9. The molecular weight excluding hydrogens is 359 g/mol. The van der Waals surface area contributed by atoms with Gasteiger partial charge in [0, 0.05) is 41.4 Å². The zero-order valence-corrected chi connectivity index (χ0v) is 16.0. The molecule has 1 aromatic carbocycles. The van der Waals surface area contributed by atoms with Crippen LogP contribution in [0.5, 0.6) is 0 Å². The van der Waals surface area contributed by atoms with Crippen molar-refractivity contribution >= 4 is 29.2 Å². The van der Waals surface area contributed by atoms with Crippen LogP contribution in [0.4, 0.5) is 0 Å². The fourth-order valence-corrected chi connectivity index (χ4v) is 3.42. The van der Waals surface area contributed by atoms with Crippen LogP contribution in [-0.4, -0.2) is 28.2 Å². The second kappa shape index (κ2) is 9.27. The van der Waals surface area contributed by atoms with E-state index < -0.39 is 12.0 Å². The van der Waals surface area contributed by atoms with E-state index in [1.54, 1.807) is 6.07 Å². The Hall–Kier alpha value is -1.49. The average Bonchev–Trinajstić information content (AvgIpc) is 2.91. The second-order valence-corrected chi connectivity index (χ2v) is 7.50. The Morgan fingerprint density at radius 1 is 1.24 bits per heavy atom. The normalized spacial score (nSPS) is 12.5. The standard InChI is InChI=1S/C19H24Cl2N2O2/c1-13(2)8-18(19(24)25)22-6-5-17-4-3-7-23(17)12-14-9-15(20)11-16(21)10-14/h3-4,7,9-11,13,18,22H,5-6,8,12H2,1-2H3,(H,24,25). The zero-order valence-electron chi connectivity index (χ0n) is 14.5. The van der Waals surface area contributed by atoms with E-state index in [0.29, 0.717) is 35.5 Å². The number of aromatic nitrogens is 1. The van der Waals surface area contributed by atoms with E-state index in [2.05, 4.69) is 9.88 Å². The maximum atomic E-state index is 11.3. The molecule has 4 nitrogen and oxygen atoms in total. The summed E-state index contributed by atoms with van der Waals surface area (Å²) in [5, 5.41) is 13.7. The van der Waals surface area contributed by atoms with E-state index in [1.165, 1.54) is 0 Å². The van der Waals surface area contributed by atoms with Crippen LogP contribution in [0.15, 0.2) is 36.5 Å². The van der Waals surface area contributed by atoms with Crippen molar-refractivity contribution < 1.29 is 9.90 Å². The van der Waals surface area contributed by atoms with Gasteiger partial charge in [0.1, 0.15) is 6.04 Å². The van der Waals surface area contributed by atoms with Gasteiger partial charge in [-0.2, -0.15) is 0 Å². The fourth-order valence-electron chi connectivity index (χ4n) is 2.85. The predicted molar refractivity (Wildman–Crippen MR) is 103 cm³/mol. The molecule has 0 spiro atoms. The van der Waals surface area contributed by atoms with Gasteiger partial charge in [-0.3, -0.25) is 4.79 Å². The quantitative estimate of drug-likeness (QED) is 0.672. The number of aliphatic carboxylic acids is 1. The van der Waals surface area contributed by atoms with Crippen molar-refractivity contribution in [2.45, 2.75) is 39.3 Å². The third kappa shape index (κ3) is 6.38. The van der Waals surface area contributed by atoms with E-state index in [-0.39, 0.29) is 0 Å². The van der Waals surface area contributed by atoms with Crippen molar-refractivity contribution in [3.63, 3.8) is 0 Å². The summed E-state index contributed by atoms with van der Waals surface area (Å²) in [6, 6.07) is 9.05. The van der Waals surface area contributed by atoms with E-state index in [9.17, 15) is 9.90 Å². The molecule has 0 saturated heterocycles. The van der Waals surface area contributed by atoms with Gasteiger partial charge in [-0.1, -0.05) is 37.0 Å². The van der Waals surface area contributed by atoms with Crippen LogP contribution in [0.25, 0.3) is 0 Å². The largest absolute Gasteiger partial charge is 0.480 e. The SMILES string of the molecule is CC(C)CC(NCCc1cccn1Cc1cc(Cl)cc(Cl)c1)C(=O)O. The minimum Gasteiger partial charge on any atom is -0.480 e. The van der Waals surface area contributed by atoms with Gasteiger partial charge in [0.25, 0.3) is 0 Å². The van der Waals surface area contributed by atoms with Crippen LogP contribution >= 0.6 is 23.2 Å². The molecule has 0 bridgehead atoms. The van der Waals surface area contributed by atoms with E-state index in [4.69, 9.17) is 23.2 Å². The first kappa shape index (κ1) is 19.8. The molecule has 0 aliphatic rings. The van der Waals surface area contributed by atoms with Gasteiger partial charge in [-0.25, -0.2) is 0 Å². The number of carboxylic acids is 1. The summed E-state index contributed by atoms with van der Waals surface area (Å²) in [4.78, 5) is 11.3. The minimum absolute atomic E-state index is 0.338. The lowest BCUT2D eigenvalue weighted by atomic mass is 10.0. The summed E-state index contributed by atoms with van der Waals surface area (Å²) < 4.78 is 2.13. The van der Waals surface area contributed by atoms with Crippen molar-refractivity contribution in [1.82, 2.24) is 9.88 Å². The van der Waals surface area contributed by atoms with Crippen molar-refractivity contribution in [3.05, 3.63) is 57.8 Å². The summed E-state index contributed by atoms with van der Waals surface area (Å²) in [6.45, 7) is 5.35. The van der Waals surface area contributed by atoms with Gasteiger partial charge in [-0.15, -0.1) is 0 Å². The van der Waals surface area contributed by atoms with E-state index in [1.807, 2.05) is 44.3 Å². The molecule has 0 radical (unpaired) electrons. The highest BCUT2D eigenvalue weighted by atomic mass is 35.5. The number of nitrogens with one attached hydrogen (secondary N) is 1. The maximum Gasteiger partial charge on any atom is 0.320 e. The molecule has 6 heteroatoms. The van der Waals surface area contributed by atoms with Crippen LogP contribution in [0.2, 0.25) is 10.0 Å². The third-order valence-corrected chi connectivity index (χ3v) is 4.41. The summed E-state index contributed by atoms with van der Waals surface area (Å²) in [5.41, 5.74) is 2.17. The lowest BCUT2D eigenvalue weighted by Crippen LogP contribution is -2.39. The summed E-state index contributed by atoms with van der Waals surface area (Å²) in [5.74, 6) is -0.456. The number of hydrogen-bond donors (Lipinski definition) is 2. The molecule has 0 saturated carbocycles. The molecule has 136 valence electrons.